The van der Waals surface area contributed by atoms with Crippen molar-refractivity contribution in [3.63, 3.8) is 0 Å². The fourth-order valence-electron chi connectivity index (χ4n) is 3.45. The summed E-state index contributed by atoms with van der Waals surface area (Å²) in [5.74, 6) is -0.203. The maximum atomic E-state index is 11.2. The molecular weight excluding hydrogens is 358 g/mol. The quantitative estimate of drug-likeness (QED) is 0.569. The van der Waals surface area contributed by atoms with E-state index in [9.17, 15) is 9.90 Å². The second-order valence-corrected chi connectivity index (χ2v) is 7.05. The predicted octanol–water partition coefficient (Wildman–Crippen LogP) is 1.86. The lowest BCUT2D eigenvalue weighted by atomic mass is 10.2. The first-order valence-electron chi connectivity index (χ1n) is 9.76. The van der Waals surface area contributed by atoms with E-state index in [2.05, 4.69) is 21.2 Å². The summed E-state index contributed by atoms with van der Waals surface area (Å²) in [7, 11) is 0. The molecule has 0 aromatic heterocycles. The van der Waals surface area contributed by atoms with Crippen molar-refractivity contribution in [2.24, 2.45) is 4.99 Å². The number of aromatic carboxylic acids is 1. The highest BCUT2D eigenvalue weighted by atomic mass is 16.5. The molecule has 2 fully saturated rings. The van der Waals surface area contributed by atoms with Crippen LogP contribution < -0.4 is 5.32 Å². The Morgan fingerprint density at radius 1 is 1.36 bits per heavy atom. The van der Waals surface area contributed by atoms with E-state index >= 15 is 0 Å². The summed E-state index contributed by atoms with van der Waals surface area (Å²) in [5.41, 5.74) is 0.947. The van der Waals surface area contributed by atoms with Crippen molar-refractivity contribution in [2.75, 3.05) is 51.2 Å². The molecule has 2 N–H and O–H groups in total. The first-order valence-corrected chi connectivity index (χ1v) is 9.76. The van der Waals surface area contributed by atoms with Crippen LogP contribution in [0.25, 0.3) is 0 Å². The van der Waals surface area contributed by atoms with Crippen LogP contribution in [0.4, 0.5) is 5.69 Å². The number of nitriles is 1. The Morgan fingerprint density at radius 2 is 2.18 bits per heavy atom. The highest BCUT2D eigenvalue weighted by Crippen LogP contribution is 2.15. The monoisotopic (exact) mass is 385 g/mol. The summed E-state index contributed by atoms with van der Waals surface area (Å²) < 4.78 is 5.68. The molecule has 8 nitrogen and oxygen atoms in total. The van der Waals surface area contributed by atoms with Crippen molar-refractivity contribution >= 4 is 17.6 Å². The number of hydrogen-bond acceptors (Lipinski definition) is 5. The number of ether oxygens (including phenoxy) is 1. The molecule has 2 heterocycles. The van der Waals surface area contributed by atoms with Crippen LogP contribution in [0.3, 0.4) is 0 Å². The Labute approximate surface area is 165 Å². The topological polar surface area (TPSA) is 101 Å². The molecule has 0 amide bonds. The molecule has 2 aliphatic heterocycles. The number of carbonyl (C=O) groups is 1. The SMILES string of the molecule is N#CCCN1CCN(C(=NC[C@@H]2CCCO2)Nc2cccc(C(=O)O)c2)CC1. The number of piperazine rings is 1. The van der Waals surface area contributed by atoms with E-state index in [1.165, 1.54) is 0 Å². The number of nitrogens with zero attached hydrogens (tertiary/aromatic N) is 4. The van der Waals surface area contributed by atoms with Crippen LogP contribution in [0.2, 0.25) is 0 Å². The van der Waals surface area contributed by atoms with Gasteiger partial charge in [-0.25, -0.2) is 4.79 Å². The molecule has 0 spiro atoms. The maximum Gasteiger partial charge on any atom is 0.335 e. The van der Waals surface area contributed by atoms with Crippen molar-refractivity contribution in [1.29, 1.82) is 5.26 Å². The third kappa shape index (κ3) is 5.68. The molecule has 1 aromatic carbocycles. The standard InChI is InChI=1S/C20H27N5O3/c21-7-3-8-24-9-11-25(12-10-24)20(22-15-18-6-2-13-28-18)23-17-5-1-4-16(14-17)19(26)27/h1,4-5,14,18H,2-3,6,8-13,15H2,(H,22,23)(H,26,27)/t18-/m0/s1. The molecule has 0 radical (unpaired) electrons. The Hall–Kier alpha value is -2.63. The van der Waals surface area contributed by atoms with Gasteiger partial charge in [-0.2, -0.15) is 5.26 Å². The second-order valence-electron chi connectivity index (χ2n) is 7.05. The van der Waals surface area contributed by atoms with Gasteiger partial charge in [0.25, 0.3) is 0 Å². The van der Waals surface area contributed by atoms with Gasteiger partial charge < -0.3 is 20.1 Å². The molecule has 1 aromatic rings. The number of guanidine groups is 1. The zero-order chi connectivity index (χ0) is 19.8. The van der Waals surface area contributed by atoms with E-state index in [-0.39, 0.29) is 11.7 Å². The highest BCUT2D eigenvalue weighted by Gasteiger charge is 2.21. The number of aliphatic imine (C=N–C) groups is 1. The summed E-state index contributed by atoms with van der Waals surface area (Å²) in [6.07, 6.45) is 2.79. The third-order valence-electron chi connectivity index (χ3n) is 5.05. The number of anilines is 1. The lowest BCUT2D eigenvalue weighted by molar-refractivity contribution is 0.0697. The van der Waals surface area contributed by atoms with Gasteiger partial charge in [-0.05, 0) is 31.0 Å². The predicted molar refractivity (Wildman–Crippen MR) is 107 cm³/mol. The fraction of sp³-hybridized carbons (Fsp3) is 0.550. The Morgan fingerprint density at radius 3 is 2.86 bits per heavy atom. The van der Waals surface area contributed by atoms with Gasteiger partial charge in [0, 0.05) is 51.4 Å². The molecule has 28 heavy (non-hydrogen) atoms. The van der Waals surface area contributed by atoms with E-state index in [1.807, 2.05) is 6.07 Å². The van der Waals surface area contributed by atoms with Gasteiger partial charge in [-0.15, -0.1) is 0 Å². The van der Waals surface area contributed by atoms with Gasteiger partial charge in [0.15, 0.2) is 5.96 Å². The van der Waals surface area contributed by atoms with Crippen molar-refractivity contribution in [1.82, 2.24) is 9.80 Å². The lowest BCUT2D eigenvalue weighted by Crippen LogP contribution is -2.50. The molecule has 2 aliphatic rings. The minimum absolute atomic E-state index is 0.152. The number of benzene rings is 1. The van der Waals surface area contributed by atoms with Crippen LogP contribution in [-0.4, -0.2) is 78.8 Å². The minimum atomic E-state index is -0.951. The summed E-state index contributed by atoms with van der Waals surface area (Å²) in [4.78, 5) is 20.5. The van der Waals surface area contributed by atoms with Gasteiger partial charge >= 0.3 is 5.97 Å². The molecule has 3 rings (SSSR count). The van der Waals surface area contributed by atoms with Crippen LogP contribution in [0, 0.1) is 11.3 Å². The third-order valence-corrected chi connectivity index (χ3v) is 5.05. The van der Waals surface area contributed by atoms with Gasteiger partial charge in [-0.1, -0.05) is 6.07 Å². The van der Waals surface area contributed by atoms with Crippen LogP contribution in [0.1, 0.15) is 29.6 Å². The summed E-state index contributed by atoms with van der Waals surface area (Å²) >= 11 is 0. The Kier molecular flexibility index (Phi) is 7.23. The number of carboxylic acids is 1. The van der Waals surface area contributed by atoms with E-state index < -0.39 is 5.97 Å². The van der Waals surface area contributed by atoms with E-state index in [4.69, 9.17) is 15.0 Å². The number of rotatable bonds is 6. The highest BCUT2D eigenvalue weighted by molar-refractivity contribution is 5.95. The van der Waals surface area contributed by atoms with Crippen molar-refractivity contribution in [3.05, 3.63) is 29.8 Å². The molecule has 150 valence electrons. The Bertz CT molecular complexity index is 732. The molecule has 1 atom stereocenters. The van der Waals surface area contributed by atoms with E-state index in [1.54, 1.807) is 18.2 Å². The van der Waals surface area contributed by atoms with Gasteiger partial charge in [-0.3, -0.25) is 9.89 Å². The smallest absolute Gasteiger partial charge is 0.335 e. The lowest BCUT2D eigenvalue weighted by Gasteiger charge is -2.36. The van der Waals surface area contributed by atoms with Crippen molar-refractivity contribution < 1.29 is 14.6 Å². The molecule has 0 unspecified atom stereocenters. The normalized spacial score (nSPS) is 20.8. The van der Waals surface area contributed by atoms with Crippen molar-refractivity contribution in [2.45, 2.75) is 25.4 Å². The second kappa shape index (κ2) is 10.1. The van der Waals surface area contributed by atoms with Crippen LogP contribution in [0.15, 0.2) is 29.3 Å². The molecule has 0 bridgehead atoms. The van der Waals surface area contributed by atoms with Gasteiger partial charge in [0.2, 0.25) is 0 Å². The summed E-state index contributed by atoms with van der Waals surface area (Å²) in [6, 6.07) is 8.96. The minimum Gasteiger partial charge on any atom is -0.478 e. The van der Waals surface area contributed by atoms with E-state index in [0.29, 0.717) is 18.7 Å². The van der Waals surface area contributed by atoms with Crippen LogP contribution >= 0.6 is 0 Å². The fourth-order valence-corrected chi connectivity index (χ4v) is 3.45. The average Bonchev–Trinajstić information content (AvgIpc) is 3.24. The van der Waals surface area contributed by atoms with Crippen LogP contribution in [-0.2, 0) is 4.74 Å². The Balaban J connectivity index is 1.68. The largest absolute Gasteiger partial charge is 0.478 e. The zero-order valence-electron chi connectivity index (χ0n) is 16.0. The average molecular weight is 385 g/mol. The molecule has 0 aliphatic carbocycles. The zero-order valence-corrected chi connectivity index (χ0v) is 16.0. The summed E-state index contributed by atoms with van der Waals surface area (Å²) in [6.45, 7) is 5.54. The molecular formula is C20H27N5O3. The van der Waals surface area contributed by atoms with Gasteiger partial charge in [0.1, 0.15) is 0 Å². The molecule has 2 saturated heterocycles. The van der Waals surface area contributed by atoms with Crippen LogP contribution in [0.5, 0.6) is 0 Å². The maximum absolute atomic E-state index is 11.2. The number of hydrogen-bond donors (Lipinski definition) is 2. The number of nitrogens with one attached hydrogen (secondary N) is 1. The summed E-state index contributed by atoms with van der Waals surface area (Å²) in [5, 5.41) is 21.3. The van der Waals surface area contributed by atoms with Gasteiger partial charge in [0.05, 0.1) is 24.3 Å². The number of carboxylic acid groups (broad SMARTS) is 1. The molecule has 0 saturated carbocycles. The first kappa shape index (κ1) is 20.1. The van der Waals surface area contributed by atoms with Crippen molar-refractivity contribution in [3.8, 4) is 6.07 Å². The molecule has 8 heteroatoms. The first-order chi connectivity index (χ1) is 13.7. The van der Waals surface area contributed by atoms with E-state index in [0.717, 1.165) is 58.1 Å².